The molecule has 2 amide bonds. The summed E-state index contributed by atoms with van der Waals surface area (Å²) in [6, 6.07) is 15.4. The van der Waals surface area contributed by atoms with E-state index in [9.17, 15) is 9.59 Å². The van der Waals surface area contributed by atoms with E-state index >= 15 is 0 Å². The van der Waals surface area contributed by atoms with Crippen LogP contribution in [0, 0.1) is 0 Å². The number of nitrogens with zero attached hydrogens (tertiary/aromatic N) is 2. The second kappa shape index (κ2) is 8.71. The summed E-state index contributed by atoms with van der Waals surface area (Å²) in [7, 11) is 1.64. The van der Waals surface area contributed by atoms with Crippen LogP contribution in [0.4, 0.5) is 0 Å². The first-order valence-corrected chi connectivity index (χ1v) is 9.39. The van der Waals surface area contributed by atoms with Gasteiger partial charge in [-0.3, -0.25) is 9.59 Å². The highest BCUT2D eigenvalue weighted by Gasteiger charge is 2.20. The molecule has 3 rings (SSSR count). The lowest BCUT2D eigenvalue weighted by Gasteiger charge is -2.21. The first-order chi connectivity index (χ1) is 13.1. The molecule has 0 aromatic heterocycles. The predicted octanol–water partition coefficient (Wildman–Crippen LogP) is 3.48. The number of carbonyl (C=O) groups excluding carboxylic acids is 2. The van der Waals surface area contributed by atoms with Crippen molar-refractivity contribution in [2.24, 2.45) is 0 Å². The SMILES string of the molecule is CCN(Cc1ccc(OC)cc1)C(=O)c1ccc(CN2CCCC2=O)cc1. The van der Waals surface area contributed by atoms with Crippen molar-refractivity contribution in [1.29, 1.82) is 0 Å². The van der Waals surface area contributed by atoms with Gasteiger partial charge >= 0.3 is 0 Å². The standard InChI is InChI=1S/C22H26N2O3/c1-3-23(15-18-8-12-20(27-2)13-9-18)22(26)19-10-6-17(7-11-19)16-24-14-4-5-21(24)25/h6-13H,3-5,14-16H2,1-2H3. The van der Waals surface area contributed by atoms with Crippen molar-refractivity contribution >= 4 is 11.8 Å². The summed E-state index contributed by atoms with van der Waals surface area (Å²) >= 11 is 0. The van der Waals surface area contributed by atoms with E-state index in [0.29, 0.717) is 31.6 Å². The number of carbonyl (C=O) groups is 2. The molecule has 5 heteroatoms. The van der Waals surface area contributed by atoms with Crippen LogP contribution in [0.5, 0.6) is 5.75 Å². The maximum Gasteiger partial charge on any atom is 0.254 e. The third-order valence-corrected chi connectivity index (χ3v) is 4.95. The van der Waals surface area contributed by atoms with Gasteiger partial charge in [-0.05, 0) is 48.7 Å². The molecule has 142 valence electrons. The number of hydrogen-bond acceptors (Lipinski definition) is 3. The number of likely N-dealkylation sites (tertiary alicyclic amines) is 1. The molecule has 2 aromatic carbocycles. The number of amides is 2. The van der Waals surface area contributed by atoms with E-state index in [1.54, 1.807) is 7.11 Å². The maximum absolute atomic E-state index is 12.8. The van der Waals surface area contributed by atoms with Gasteiger partial charge < -0.3 is 14.5 Å². The van der Waals surface area contributed by atoms with Crippen LogP contribution in [0.25, 0.3) is 0 Å². The van der Waals surface area contributed by atoms with Crippen LogP contribution in [0.2, 0.25) is 0 Å². The lowest BCUT2D eigenvalue weighted by atomic mass is 10.1. The lowest BCUT2D eigenvalue weighted by molar-refractivity contribution is -0.128. The van der Waals surface area contributed by atoms with Gasteiger partial charge in [0.25, 0.3) is 5.91 Å². The van der Waals surface area contributed by atoms with Crippen LogP contribution >= 0.6 is 0 Å². The number of methoxy groups -OCH3 is 1. The van der Waals surface area contributed by atoms with Gasteiger partial charge in [-0.15, -0.1) is 0 Å². The highest BCUT2D eigenvalue weighted by molar-refractivity contribution is 5.94. The zero-order valence-electron chi connectivity index (χ0n) is 16.0. The van der Waals surface area contributed by atoms with Crippen molar-refractivity contribution in [3.05, 3.63) is 65.2 Å². The van der Waals surface area contributed by atoms with Crippen molar-refractivity contribution in [3.63, 3.8) is 0 Å². The first-order valence-electron chi connectivity index (χ1n) is 9.39. The Kier molecular flexibility index (Phi) is 6.12. The molecule has 0 atom stereocenters. The van der Waals surface area contributed by atoms with Gasteiger partial charge in [0.2, 0.25) is 5.91 Å². The second-order valence-corrected chi connectivity index (χ2v) is 6.78. The van der Waals surface area contributed by atoms with E-state index < -0.39 is 0 Å². The fourth-order valence-electron chi connectivity index (χ4n) is 3.31. The number of benzene rings is 2. The minimum Gasteiger partial charge on any atom is -0.497 e. The molecular formula is C22H26N2O3. The van der Waals surface area contributed by atoms with E-state index in [1.165, 1.54) is 0 Å². The Morgan fingerprint density at radius 1 is 1.07 bits per heavy atom. The molecule has 0 N–H and O–H groups in total. The molecular weight excluding hydrogens is 340 g/mol. The molecule has 1 heterocycles. The van der Waals surface area contributed by atoms with Crippen LogP contribution in [-0.4, -0.2) is 41.8 Å². The summed E-state index contributed by atoms with van der Waals surface area (Å²) < 4.78 is 5.18. The summed E-state index contributed by atoms with van der Waals surface area (Å²) in [6.45, 7) is 4.62. The highest BCUT2D eigenvalue weighted by Crippen LogP contribution is 2.17. The van der Waals surface area contributed by atoms with Crippen molar-refractivity contribution in [3.8, 4) is 5.75 Å². The molecule has 0 aliphatic carbocycles. The fourth-order valence-corrected chi connectivity index (χ4v) is 3.31. The third-order valence-electron chi connectivity index (χ3n) is 4.95. The van der Waals surface area contributed by atoms with E-state index in [2.05, 4.69) is 0 Å². The van der Waals surface area contributed by atoms with Crippen molar-refractivity contribution in [2.45, 2.75) is 32.9 Å². The van der Waals surface area contributed by atoms with Gasteiger partial charge in [0, 0.05) is 38.2 Å². The van der Waals surface area contributed by atoms with E-state index in [-0.39, 0.29) is 11.8 Å². The number of ether oxygens (including phenoxy) is 1. The van der Waals surface area contributed by atoms with E-state index in [0.717, 1.165) is 29.8 Å². The van der Waals surface area contributed by atoms with Gasteiger partial charge in [-0.2, -0.15) is 0 Å². The molecule has 0 bridgehead atoms. The van der Waals surface area contributed by atoms with Gasteiger partial charge in [0.05, 0.1) is 7.11 Å². The molecule has 1 aliphatic rings. The topological polar surface area (TPSA) is 49.9 Å². The molecule has 0 unspecified atom stereocenters. The van der Waals surface area contributed by atoms with Gasteiger partial charge in [0.1, 0.15) is 5.75 Å². The van der Waals surface area contributed by atoms with Crippen LogP contribution in [0.3, 0.4) is 0 Å². The third kappa shape index (κ3) is 4.67. The molecule has 0 radical (unpaired) electrons. The quantitative estimate of drug-likeness (QED) is 0.754. The van der Waals surface area contributed by atoms with Crippen LogP contribution in [0.15, 0.2) is 48.5 Å². The number of hydrogen-bond donors (Lipinski definition) is 0. The summed E-state index contributed by atoms with van der Waals surface area (Å²) in [5.41, 5.74) is 2.79. The van der Waals surface area contributed by atoms with Crippen LogP contribution in [-0.2, 0) is 17.9 Å². The van der Waals surface area contributed by atoms with E-state index in [4.69, 9.17) is 4.74 Å². The van der Waals surface area contributed by atoms with Crippen molar-refractivity contribution < 1.29 is 14.3 Å². The lowest BCUT2D eigenvalue weighted by Crippen LogP contribution is -2.30. The van der Waals surface area contributed by atoms with Crippen LogP contribution in [0.1, 0.15) is 41.3 Å². The predicted molar refractivity (Wildman–Crippen MR) is 105 cm³/mol. The minimum atomic E-state index is 0.0112. The summed E-state index contributed by atoms with van der Waals surface area (Å²) in [5, 5.41) is 0. The average Bonchev–Trinajstić information content (AvgIpc) is 3.11. The summed E-state index contributed by atoms with van der Waals surface area (Å²) in [4.78, 5) is 28.3. The largest absolute Gasteiger partial charge is 0.497 e. The summed E-state index contributed by atoms with van der Waals surface area (Å²) in [5.74, 6) is 1.03. The number of rotatable bonds is 7. The second-order valence-electron chi connectivity index (χ2n) is 6.78. The first kappa shape index (κ1) is 19.0. The van der Waals surface area contributed by atoms with E-state index in [1.807, 2.05) is 65.3 Å². The zero-order valence-corrected chi connectivity index (χ0v) is 16.0. The smallest absolute Gasteiger partial charge is 0.254 e. The Morgan fingerprint density at radius 2 is 1.74 bits per heavy atom. The van der Waals surface area contributed by atoms with Gasteiger partial charge in [-0.25, -0.2) is 0 Å². The Bertz CT molecular complexity index is 784. The maximum atomic E-state index is 12.8. The minimum absolute atomic E-state index is 0.0112. The van der Waals surface area contributed by atoms with Gasteiger partial charge in [-0.1, -0.05) is 24.3 Å². The molecule has 27 heavy (non-hydrogen) atoms. The molecule has 1 fully saturated rings. The van der Waals surface area contributed by atoms with Crippen LogP contribution < -0.4 is 4.74 Å². The van der Waals surface area contributed by atoms with Crippen molar-refractivity contribution in [1.82, 2.24) is 9.80 Å². The monoisotopic (exact) mass is 366 g/mol. The Labute approximate surface area is 160 Å². The normalized spacial score (nSPS) is 13.7. The zero-order chi connectivity index (χ0) is 19.2. The molecule has 1 aliphatic heterocycles. The Hall–Kier alpha value is -2.82. The molecule has 1 saturated heterocycles. The van der Waals surface area contributed by atoms with Gasteiger partial charge in [0.15, 0.2) is 0 Å². The molecule has 2 aromatic rings. The molecule has 5 nitrogen and oxygen atoms in total. The Balaban J connectivity index is 1.64. The average molecular weight is 366 g/mol. The fraction of sp³-hybridized carbons (Fsp3) is 0.364. The van der Waals surface area contributed by atoms with Crippen molar-refractivity contribution in [2.75, 3.05) is 20.2 Å². The highest BCUT2D eigenvalue weighted by atomic mass is 16.5. The Morgan fingerprint density at radius 3 is 2.30 bits per heavy atom. The molecule has 0 saturated carbocycles. The summed E-state index contributed by atoms with van der Waals surface area (Å²) in [6.07, 6.45) is 1.58. The molecule has 0 spiro atoms.